The van der Waals surface area contributed by atoms with Crippen LogP contribution in [-0.4, -0.2) is 58.9 Å². The molecule has 28 heavy (non-hydrogen) atoms. The van der Waals surface area contributed by atoms with Gasteiger partial charge in [-0.1, -0.05) is 19.3 Å². The van der Waals surface area contributed by atoms with Crippen molar-refractivity contribution >= 4 is 23.8 Å². The van der Waals surface area contributed by atoms with Gasteiger partial charge in [-0.25, -0.2) is 14.8 Å². The largest absolute Gasteiger partial charge is 0.348 e. The normalized spacial score (nSPS) is 19.1. The Morgan fingerprint density at radius 2 is 1.89 bits per heavy atom. The van der Waals surface area contributed by atoms with E-state index in [1.807, 2.05) is 13.8 Å². The Bertz CT molecular complexity index is 729. The van der Waals surface area contributed by atoms with Crippen LogP contribution in [0.15, 0.2) is 6.20 Å². The topological polar surface area (TPSA) is 108 Å². The van der Waals surface area contributed by atoms with Crippen LogP contribution >= 0.6 is 0 Å². The predicted octanol–water partition coefficient (Wildman–Crippen LogP) is 1.28. The quantitative estimate of drug-likeness (QED) is 0.736. The molecule has 0 radical (unpaired) electrons. The van der Waals surface area contributed by atoms with E-state index in [0.717, 1.165) is 48.0 Å². The maximum atomic E-state index is 12.2. The van der Waals surface area contributed by atoms with E-state index in [-0.39, 0.29) is 19.1 Å². The molecule has 1 atom stereocenters. The van der Waals surface area contributed by atoms with Crippen LogP contribution in [0.25, 0.3) is 0 Å². The van der Waals surface area contributed by atoms with Gasteiger partial charge in [0, 0.05) is 30.5 Å². The Morgan fingerprint density at radius 3 is 2.50 bits per heavy atom. The average Bonchev–Trinajstić information content (AvgIpc) is 2.93. The lowest BCUT2D eigenvalue weighted by Gasteiger charge is -2.25. The van der Waals surface area contributed by atoms with Crippen molar-refractivity contribution in [3.63, 3.8) is 0 Å². The summed E-state index contributed by atoms with van der Waals surface area (Å²) in [4.78, 5) is 47.7. The van der Waals surface area contributed by atoms with E-state index in [1.165, 1.54) is 19.3 Å². The summed E-state index contributed by atoms with van der Waals surface area (Å²) >= 11 is 0. The van der Waals surface area contributed by atoms with E-state index < -0.39 is 17.8 Å². The summed E-state index contributed by atoms with van der Waals surface area (Å²) in [5, 5.41) is 5.21. The van der Waals surface area contributed by atoms with E-state index in [0.29, 0.717) is 0 Å². The van der Waals surface area contributed by atoms with Gasteiger partial charge >= 0.3 is 6.03 Å². The fraction of sp³-hybridized carbons (Fsp3) is 0.632. The summed E-state index contributed by atoms with van der Waals surface area (Å²) in [5.74, 6) is -0.0592. The Labute approximate surface area is 164 Å². The molecule has 0 spiro atoms. The second-order valence-corrected chi connectivity index (χ2v) is 7.39. The zero-order valence-electron chi connectivity index (χ0n) is 16.5. The molecule has 0 aliphatic carbocycles. The number of anilines is 1. The molecule has 2 N–H and O–H groups in total. The van der Waals surface area contributed by atoms with Crippen molar-refractivity contribution in [1.82, 2.24) is 25.5 Å². The minimum absolute atomic E-state index is 0.0629. The molecule has 2 saturated heterocycles. The number of urea groups is 1. The van der Waals surface area contributed by atoms with Crippen LogP contribution in [0.2, 0.25) is 0 Å². The molecule has 2 aliphatic heterocycles. The monoisotopic (exact) mass is 388 g/mol. The van der Waals surface area contributed by atoms with Gasteiger partial charge in [-0.05, 0) is 26.7 Å². The number of carbonyl (C=O) groups is 3. The Hall–Kier alpha value is -2.71. The molecule has 9 nitrogen and oxygen atoms in total. The van der Waals surface area contributed by atoms with E-state index in [4.69, 9.17) is 0 Å². The van der Waals surface area contributed by atoms with Crippen LogP contribution < -0.4 is 15.5 Å². The smallest absolute Gasteiger partial charge is 0.325 e. The number of aryl methyl sites for hydroxylation is 1. The standard InChI is InChI=1S/C19H28N6O3/c1-13(22-16(26)12-25-17(27)11-21-19(25)28)15-10-20-18(23-14(15)2)24-8-6-4-3-5-7-9-24/h10,13H,3-9,11-12H2,1-2H3,(H,21,28)(H,22,26)/t13-/m1/s1. The number of nitrogens with zero attached hydrogens (tertiary/aromatic N) is 4. The summed E-state index contributed by atoms with van der Waals surface area (Å²) < 4.78 is 0. The molecular formula is C19H28N6O3. The molecule has 1 aromatic heterocycles. The van der Waals surface area contributed by atoms with Gasteiger partial charge < -0.3 is 15.5 Å². The zero-order chi connectivity index (χ0) is 20.1. The first-order valence-electron chi connectivity index (χ1n) is 9.91. The first-order valence-corrected chi connectivity index (χ1v) is 9.91. The van der Waals surface area contributed by atoms with Gasteiger partial charge in [0.05, 0.1) is 12.6 Å². The highest BCUT2D eigenvalue weighted by atomic mass is 16.2. The molecular weight excluding hydrogens is 360 g/mol. The van der Waals surface area contributed by atoms with Crippen molar-refractivity contribution in [2.75, 3.05) is 31.1 Å². The van der Waals surface area contributed by atoms with E-state index >= 15 is 0 Å². The number of amides is 4. The van der Waals surface area contributed by atoms with Crippen molar-refractivity contribution in [1.29, 1.82) is 0 Å². The van der Waals surface area contributed by atoms with Gasteiger partial charge in [-0.2, -0.15) is 0 Å². The van der Waals surface area contributed by atoms with Crippen LogP contribution in [0.4, 0.5) is 10.7 Å². The number of rotatable bonds is 5. The summed E-state index contributed by atoms with van der Waals surface area (Å²) in [5.41, 5.74) is 1.64. The fourth-order valence-corrected chi connectivity index (χ4v) is 3.61. The summed E-state index contributed by atoms with van der Waals surface area (Å²) in [7, 11) is 0. The van der Waals surface area contributed by atoms with Crippen LogP contribution in [0.1, 0.15) is 56.3 Å². The molecule has 9 heteroatoms. The molecule has 2 aliphatic rings. The first-order chi connectivity index (χ1) is 13.5. The van der Waals surface area contributed by atoms with E-state index in [2.05, 4.69) is 25.5 Å². The number of imide groups is 1. The number of aromatic nitrogens is 2. The van der Waals surface area contributed by atoms with Crippen molar-refractivity contribution in [3.8, 4) is 0 Å². The lowest BCUT2D eigenvalue weighted by Crippen LogP contribution is -2.41. The van der Waals surface area contributed by atoms with Crippen LogP contribution in [0.3, 0.4) is 0 Å². The fourth-order valence-electron chi connectivity index (χ4n) is 3.61. The number of hydrogen-bond acceptors (Lipinski definition) is 6. The summed E-state index contributed by atoms with van der Waals surface area (Å²) in [6, 6.07) is -0.862. The highest BCUT2D eigenvalue weighted by Gasteiger charge is 2.30. The first kappa shape index (κ1) is 20.0. The zero-order valence-corrected chi connectivity index (χ0v) is 16.5. The Morgan fingerprint density at radius 1 is 1.21 bits per heavy atom. The lowest BCUT2D eigenvalue weighted by molar-refractivity contribution is -0.130. The molecule has 3 rings (SSSR count). The second-order valence-electron chi connectivity index (χ2n) is 7.39. The molecule has 152 valence electrons. The Kier molecular flexibility index (Phi) is 6.43. The molecule has 4 amide bonds. The maximum Gasteiger partial charge on any atom is 0.325 e. The van der Waals surface area contributed by atoms with Crippen molar-refractivity contribution in [3.05, 3.63) is 17.5 Å². The SMILES string of the molecule is Cc1nc(N2CCCCCCC2)ncc1[C@@H](C)NC(=O)CN1C(=O)CNC1=O. The lowest BCUT2D eigenvalue weighted by atomic mass is 10.1. The summed E-state index contributed by atoms with van der Waals surface area (Å²) in [6.07, 6.45) is 7.85. The minimum atomic E-state index is -0.537. The van der Waals surface area contributed by atoms with Crippen LogP contribution in [0.5, 0.6) is 0 Å². The molecule has 2 fully saturated rings. The molecule has 1 aromatic rings. The van der Waals surface area contributed by atoms with Crippen molar-refractivity contribution in [2.45, 2.75) is 52.0 Å². The minimum Gasteiger partial charge on any atom is -0.348 e. The molecule has 0 aromatic carbocycles. The second kappa shape index (κ2) is 8.99. The Balaban J connectivity index is 1.61. The number of nitrogens with one attached hydrogen (secondary N) is 2. The number of carbonyl (C=O) groups excluding carboxylic acids is 3. The van der Waals surface area contributed by atoms with Crippen LogP contribution in [-0.2, 0) is 9.59 Å². The van der Waals surface area contributed by atoms with Crippen LogP contribution in [0, 0.1) is 6.92 Å². The summed E-state index contributed by atoms with van der Waals surface area (Å²) in [6.45, 7) is 5.33. The predicted molar refractivity (Wildman–Crippen MR) is 104 cm³/mol. The van der Waals surface area contributed by atoms with Gasteiger partial charge in [-0.15, -0.1) is 0 Å². The molecule has 0 saturated carbocycles. The third-order valence-corrected chi connectivity index (χ3v) is 5.23. The third-order valence-electron chi connectivity index (χ3n) is 5.23. The van der Waals surface area contributed by atoms with E-state index in [9.17, 15) is 14.4 Å². The highest BCUT2D eigenvalue weighted by Crippen LogP contribution is 2.20. The highest BCUT2D eigenvalue weighted by molar-refractivity contribution is 6.04. The van der Waals surface area contributed by atoms with Gasteiger partial charge in [-0.3, -0.25) is 14.5 Å². The molecule has 0 unspecified atom stereocenters. The van der Waals surface area contributed by atoms with Gasteiger partial charge in [0.25, 0.3) is 5.91 Å². The van der Waals surface area contributed by atoms with Crippen molar-refractivity contribution in [2.24, 2.45) is 0 Å². The molecule has 0 bridgehead atoms. The van der Waals surface area contributed by atoms with Gasteiger partial charge in [0.2, 0.25) is 11.9 Å². The average molecular weight is 388 g/mol. The van der Waals surface area contributed by atoms with E-state index in [1.54, 1.807) is 6.20 Å². The third kappa shape index (κ3) is 4.76. The maximum absolute atomic E-state index is 12.2. The molecule has 3 heterocycles. The van der Waals surface area contributed by atoms with Crippen molar-refractivity contribution < 1.29 is 14.4 Å². The van der Waals surface area contributed by atoms with Gasteiger partial charge in [0.15, 0.2) is 0 Å². The number of hydrogen-bond donors (Lipinski definition) is 2. The van der Waals surface area contributed by atoms with Gasteiger partial charge in [0.1, 0.15) is 6.54 Å².